The van der Waals surface area contributed by atoms with Gasteiger partial charge in [0.25, 0.3) is 0 Å². The third-order valence-electron chi connectivity index (χ3n) is 13.6. The van der Waals surface area contributed by atoms with Crippen LogP contribution in [0.5, 0.6) is 0 Å². The molecule has 8 heteroatoms. The van der Waals surface area contributed by atoms with Gasteiger partial charge in [0, 0.05) is 18.5 Å². The number of carbonyl (C=O) groups excluding carboxylic acids is 1. The zero-order valence-electron chi connectivity index (χ0n) is 28.0. The summed E-state index contributed by atoms with van der Waals surface area (Å²) in [6.45, 7) is 10.5. The Morgan fingerprint density at radius 2 is 1.87 bits per heavy atom. The van der Waals surface area contributed by atoms with Gasteiger partial charge in [-0.3, -0.25) is 0 Å². The number of amides is 1. The summed E-state index contributed by atoms with van der Waals surface area (Å²) in [6, 6.07) is 10.1. The van der Waals surface area contributed by atoms with Crippen LogP contribution >= 0.6 is 0 Å². The third kappa shape index (κ3) is 5.69. The van der Waals surface area contributed by atoms with Crippen LogP contribution in [0.15, 0.2) is 41.5 Å². The number of benzene rings is 1. The average Bonchev–Trinajstić information content (AvgIpc) is 3.45. The first-order valence-electron chi connectivity index (χ1n) is 17.7. The van der Waals surface area contributed by atoms with Crippen molar-refractivity contribution in [3.8, 4) is 0 Å². The summed E-state index contributed by atoms with van der Waals surface area (Å²) in [6.07, 6.45) is 12.1. The lowest BCUT2D eigenvalue weighted by Gasteiger charge is -2.54. The quantitative estimate of drug-likeness (QED) is 0.357. The highest BCUT2D eigenvalue weighted by Gasteiger charge is 2.61. The van der Waals surface area contributed by atoms with E-state index in [1.54, 1.807) is 5.57 Å². The maximum absolute atomic E-state index is 13.6. The highest BCUT2D eigenvalue weighted by molar-refractivity contribution is 7.88. The molecule has 5 fully saturated rings. The molecule has 1 N–H and O–H groups in total. The maximum Gasteiger partial charge on any atom is 0.410 e. The molecule has 4 aliphatic carbocycles. The van der Waals surface area contributed by atoms with E-state index in [4.69, 9.17) is 9.47 Å². The predicted octanol–water partition coefficient (Wildman–Crippen LogP) is 7.08. The number of rotatable bonds is 4. The predicted molar refractivity (Wildman–Crippen MR) is 176 cm³/mol. The molecule has 2 heterocycles. The summed E-state index contributed by atoms with van der Waals surface area (Å²) in [5.74, 6) is 3.26. The molecule has 11 atom stereocenters. The molecule has 7 nitrogen and oxygen atoms in total. The van der Waals surface area contributed by atoms with E-state index < -0.39 is 10.0 Å². The van der Waals surface area contributed by atoms with Gasteiger partial charge in [-0.1, -0.05) is 62.2 Å². The third-order valence-corrected chi connectivity index (χ3v) is 14.3. The Morgan fingerprint density at radius 3 is 2.62 bits per heavy atom. The molecule has 1 spiro atoms. The van der Waals surface area contributed by atoms with E-state index in [0.717, 1.165) is 50.6 Å². The molecule has 0 aromatic heterocycles. The second kappa shape index (κ2) is 11.7. The first kappa shape index (κ1) is 31.7. The second-order valence-electron chi connectivity index (χ2n) is 16.3. The Labute approximate surface area is 270 Å². The van der Waals surface area contributed by atoms with Crippen LogP contribution in [-0.4, -0.2) is 56.0 Å². The smallest absolute Gasteiger partial charge is 0.410 e. The van der Waals surface area contributed by atoms with Crippen molar-refractivity contribution < 1.29 is 22.7 Å². The number of allylic oxidation sites excluding steroid dienone is 1. The second-order valence-corrected chi connectivity index (χ2v) is 18.1. The van der Waals surface area contributed by atoms with Crippen molar-refractivity contribution in [2.75, 3.05) is 12.8 Å². The van der Waals surface area contributed by atoms with Crippen molar-refractivity contribution in [1.29, 1.82) is 0 Å². The van der Waals surface area contributed by atoms with Crippen molar-refractivity contribution in [1.82, 2.24) is 9.62 Å². The minimum atomic E-state index is -3.18. The van der Waals surface area contributed by atoms with Crippen LogP contribution in [0.2, 0.25) is 0 Å². The molecule has 3 saturated carbocycles. The Balaban J connectivity index is 1.08. The number of ether oxygens (including phenoxy) is 2. The van der Waals surface area contributed by atoms with E-state index in [-0.39, 0.29) is 35.8 Å². The molecular weight excluding hydrogens is 584 g/mol. The largest absolute Gasteiger partial charge is 0.445 e. The maximum atomic E-state index is 13.6. The SMILES string of the molecule is CC1=C2CC3[C@@H](CC[C@@H]4C[C@H](NS(C)(=O)=O)CC[C@]34C)C2CC[C@@]2(C1)O[C@@H]1C[C@H](C)CN(C(=O)OCc3ccccc3)[C@H]1[C@H]2C. The number of likely N-dealkylation sites (tertiary alicyclic amines) is 1. The number of hydrogen-bond donors (Lipinski definition) is 1. The molecule has 0 radical (unpaired) electrons. The number of sulfonamides is 1. The van der Waals surface area contributed by atoms with Crippen molar-refractivity contribution in [3.63, 3.8) is 0 Å². The van der Waals surface area contributed by atoms with Crippen LogP contribution in [0.4, 0.5) is 4.79 Å². The lowest BCUT2D eigenvalue weighted by atomic mass is 9.52. The van der Waals surface area contributed by atoms with Crippen LogP contribution in [0.1, 0.15) is 97.5 Å². The fourth-order valence-corrected chi connectivity index (χ4v) is 12.3. The molecule has 248 valence electrons. The fraction of sp³-hybridized carbons (Fsp3) is 0.757. The summed E-state index contributed by atoms with van der Waals surface area (Å²) >= 11 is 0. The van der Waals surface area contributed by atoms with E-state index in [0.29, 0.717) is 41.6 Å². The molecule has 2 aliphatic heterocycles. The average molecular weight is 639 g/mol. The van der Waals surface area contributed by atoms with Gasteiger partial charge in [0.1, 0.15) is 6.61 Å². The Hall–Kier alpha value is -1.90. The van der Waals surface area contributed by atoms with Crippen molar-refractivity contribution in [2.45, 2.75) is 122 Å². The number of nitrogens with one attached hydrogen (secondary N) is 1. The number of piperidine rings is 1. The monoisotopic (exact) mass is 638 g/mol. The number of carbonyl (C=O) groups is 1. The molecule has 2 saturated heterocycles. The lowest BCUT2D eigenvalue weighted by molar-refractivity contribution is -0.0802. The van der Waals surface area contributed by atoms with E-state index in [9.17, 15) is 13.2 Å². The van der Waals surface area contributed by atoms with E-state index in [2.05, 4.69) is 32.4 Å². The van der Waals surface area contributed by atoms with Gasteiger partial charge in [-0.15, -0.1) is 0 Å². The van der Waals surface area contributed by atoms with Gasteiger partial charge < -0.3 is 14.4 Å². The van der Waals surface area contributed by atoms with Crippen LogP contribution in [0.25, 0.3) is 0 Å². The van der Waals surface area contributed by atoms with Crippen LogP contribution < -0.4 is 4.72 Å². The zero-order chi connectivity index (χ0) is 31.7. The summed E-state index contributed by atoms with van der Waals surface area (Å²) in [7, 11) is -3.18. The summed E-state index contributed by atoms with van der Waals surface area (Å²) in [5.41, 5.74) is 4.31. The summed E-state index contributed by atoms with van der Waals surface area (Å²) in [4.78, 5) is 15.6. The van der Waals surface area contributed by atoms with E-state index in [1.807, 2.05) is 35.2 Å². The molecule has 6 aliphatic rings. The lowest BCUT2D eigenvalue weighted by Crippen LogP contribution is -2.54. The summed E-state index contributed by atoms with van der Waals surface area (Å²) in [5, 5.41) is 0. The molecule has 1 aromatic rings. The minimum absolute atomic E-state index is 0.0537. The van der Waals surface area contributed by atoms with Gasteiger partial charge in [0.2, 0.25) is 10.0 Å². The van der Waals surface area contributed by atoms with Gasteiger partial charge >= 0.3 is 6.09 Å². The fourth-order valence-electron chi connectivity index (χ4n) is 11.5. The highest BCUT2D eigenvalue weighted by Crippen LogP contribution is 2.65. The van der Waals surface area contributed by atoms with Crippen molar-refractivity contribution in [3.05, 3.63) is 47.0 Å². The number of fused-ring (bicyclic) bond motifs is 6. The topological polar surface area (TPSA) is 84.9 Å². The first-order valence-corrected chi connectivity index (χ1v) is 19.6. The van der Waals surface area contributed by atoms with Gasteiger partial charge in [-0.25, -0.2) is 17.9 Å². The number of nitrogens with zero attached hydrogens (tertiary/aromatic N) is 1. The summed E-state index contributed by atoms with van der Waals surface area (Å²) < 4.78 is 39.9. The molecule has 2 unspecified atom stereocenters. The van der Waals surface area contributed by atoms with Crippen molar-refractivity contribution >= 4 is 16.1 Å². The Morgan fingerprint density at radius 1 is 1.09 bits per heavy atom. The van der Waals surface area contributed by atoms with Gasteiger partial charge in [0.15, 0.2) is 0 Å². The molecule has 45 heavy (non-hydrogen) atoms. The van der Waals surface area contributed by atoms with Crippen molar-refractivity contribution in [2.24, 2.45) is 40.9 Å². The standard InChI is InChI=1S/C37H54N2O5S/c1-23-17-33-34(39(21-23)35(40)43-22-26-9-7-6-8-10-26)25(3)37(44-33)16-14-29-30-12-11-27-18-28(38-45(5,41)42)13-15-36(27,4)32(30)19-31(29)24(2)20-37/h6-10,23,25,27-30,32-34,38H,11-22H2,1-5H3/t23-,25+,27+,28+,29?,30-,32?,33+,34-,36-,37-/m0/s1. The number of hydrogen-bond acceptors (Lipinski definition) is 5. The zero-order valence-corrected chi connectivity index (χ0v) is 28.8. The van der Waals surface area contributed by atoms with Gasteiger partial charge in [0.05, 0.1) is 24.0 Å². The highest BCUT2D eigenvalue weighted by atomic mass is 32.2. The van der Waals surface area contributed by atoms with Crippen LogP contribution in [0.3, 0.4) is 0 Å². The van der Waals surface area contributed by atoms with Crippen LogP contribution in [0, 0.1) is 40.9 Å². The molecular formula is C37H54N2O5S. The Bertz CT molecular complexity index is 1430. The molecule has 7 rings (SSSR count). The van der Waals surface area contributed by atoms with E-state index >= 15 is 0 Å². The minimum Gasteiger partial charge on any atom is -0.445 e. The first-order chi connectivity index (χ1) is 21.4. The van der Waals surface area contributed by atoms with Gasteiger partial charge in [-0.05, 0) is 112 Å². The molecule has 0 bridgehead atoms. The molecule has 1 amide bonds. The molecule has 1 aromatic carbocycles. The Kier molecular flexibility index (Phi) is 8.21. The normalized spacial score (nSPS) is 42.9. The van der Waals surface area contributed by atoms with Gasteiger partial charge in [-0.2, -0.15) is 0 Å². The van der Waals surface area contributed by atoms with E-state index in [1.165, 1.54) is 37.5 Å². The van der Waals surface area contributed by atoms with Crippen LogP contribution in [-0.2, 0) is 26.1 Å².